The highest BCUT2D eigenvalue weighted by molar-refractivity contribution is 5.87. The lowest BCUT2D eigenvalue weighted by atomic mass is 9.90. The van der Waals surface area contributed by atoms with Crippen LogP contribution in [-0.4, -0.2) is 48.1 Å². The highest BCUT2D eigenvalue weighted by Gasteiger charge is 2.23. The molecule has 1 aromatic rings. The second-order valence-electron chi connectivity index (χ2n) is 6.70. The van der Waals surface area contributed by atoms with Gasteiger partial charge in [0, 0.05) is 13.1 Å². The van der Waals surface area contributed by atoms with E-state index in [0.717, 1.165) is 31.5 Å². The van der Waals surface area contributed by atoms with Crippen LogP contribution in [0, 0.1) is 5.92 Å². The van der Waals surface area contributed by atoms with Gasteiger partial charge in [-0.3, -0.25) is 9.69 Å². The molecule has 0 unspecified atom stereocenters. The summed E-state index contributed by atoms with van der Waals surface area (Å²) in [6, 6.07) is 7.12. The van der Waals surface area contributed by atoms with Crippen LogP contribution >= 0.6 is 0 Å². The molecule has 0 bridgehead atoms. The summed E-state index contributed by atoms with van der Waals surface area (Å²) in [6.45, 7) is 7.11. The van der Waals surface area contributed by atoms with Gasteiger partial charge in [-0.2, -0.15) is 0 Å². The first kappa shape index (κ1) is 17.5. The van der Waals surface area contributed by atoms with Gasteiger partial charge in [-0.15, -0.1) is 0 Å². The third-order valence-electron chi connectivity index (χ3n) is 4.21. The van der Waals surface area contributed by atoms with E-state index in [4.69, 9.17) is 5.11 Å². The van der Waals surface area contributed by atoms with Gasteiger partial charge in [-0.1, -0.05) is 26.0 Å². The van der Waals surface area contributed by atoms with Crippen molar-refractivity contribution < 1.29 is 14.7 Å². The number of piperidine rings is 1. The molecule has 2 N–H and O–H groups in total. The highest BCUT2D eigenvalue weighted by Crippen LogP contribution is 2.27. The van der Waals surface area contributed by atoms with Gasteiger partial charge >= 0.3 is 5.97 Å². The van der Waals surface area contributed by atoms with Gasteiger partial charge in [-0.05, 0) is 48.9 Å². The maximum Gasteiger partial charge on any atom is 0.335 e. The van der Waals surface area contributed by atoms with Crippen LogP contribution < -0.4 is 5.32 Å². The number of nitrogens with zero attached hydrogens (tertiary/aromatic N) is 1. The molecule has 1 aliphatic heterocycles. The number of hydrogen-bond acceptors (Lipinski definition) is 3. The number of nitrogens with one attached hydrogen (secondary N) is 1. The van der Waals surface area contributed by atoms with Gasteiger partial charge in [0.1, 0.15) is 0 Å². The van der Waals surface area contributed by atoms with Gasteiger partial charge in [0.15, 0.2) is 0 Å². The first-order chi connectivity index (χ1) is 11.0. The van der Waals surface area contributed by atoms with Crippen molar-refractivity contribution >= 4 is 11.9 Å². The molecule has 0 saturated carbocycles. The van der Waals surface area contributed by atoms with E-state index in [1.54, 1.807) is 12.1 Å². The maximum atomic E-state index is 12.0. The Morgan fingerprint density at radius 2 is 2.00 bits per heavy atom. The first-order valence-corrected chi connectivity index (χ1v) is 8.28. The monoisotopic (exact) mass is 318 g/mol. The van der Waals surface area contributed by atoms with Crippen LogP contribution in [0.15, 0.2) is 24.3 Å². The zero-order valence-electron chi connectivity index (χ0n) is 13.9. The van der Waals surface area contributed by atoms with Crippen molar-refractivity contribution in [1.82, 2.24) is 10.2 Å². The summed E-state index contributed by atoms with van der Waals surface area (Å²) in [4.78, 5) is 25.1. The average Bonchev–Trinajstić information content (AvgIpc) is 2.53. The van der Waals surface area contributed by atoms with E-state index in [9.17, 15) is 9.59 Å². The Hall–Kier alpha value is -1.88. The summed E-state index contributed by atoms with van der Waals surface area (Å²) in [7, 11) is 0. The Balaban J connectivity index is 1.90. The van der Waals surface area contributed by atoms with E-state index in [2.05, 4.69) is 24.1 Å². The van der Waals surface area contributed by atoms with Gasteiger partial charge in [0.2, 0.25) is 5.91 Å². The molecule has 1 fully saturated rings. The summed E-state index contributed by atoms with van der Waals surface area (Å²) in [6.07, 6.45) is 2.14. The molecule has 0 radical (unpaired) electrons. The third kappa shape index (κ3) is 5.36. The number of likely N-dealkylation sites (tertiary alicyclic amines) is 1. The summed E-state index contributed by atoms with van der Waals surface area (Å²) < 4.78 is 0. The number of benzene rings is 1. The topological polar surface area (TPSA) is 69.6 Å². The van der Waals surface area contributed by atoms with Gasteiger partial charge in [0.25, 0.3) is 0 Å². The third-order valence-corrected chi connectivity index (χ3v) is 4.21. The van der Waals surface area contributed by atoms with Crippen LogP contribution in [0.1, 0.15) is 48.5 Å². The molecule has 5 nitrogen and oxygen atoms in total. The standard InChI is InChI=1S/C18H26N2O3/c1-13(2)10-19-17(21)12-20-9-3-4-16(11-20)14-5-7-15(8-6-14)18(22)23/h5-8,13,16H,3-4,9-12H2,1-2H3,(H,19,21)(H,22,23)/t16-/m0/s1. The molecule has 0 aromatic heterocycles. The minimum atomic E-state index is -0.899. The Morgan fingerprint density at radius 3 is 2.61 bits per heavy atom. The summed E-state index contributed by atoms with van der Waals surface area (Å²) >= 11 is 0. The minimum Gasteiger partial charge on any atom is -0.478 e. The van der Waals surface area contributed by atoms with Crippen molar-refractivity contribution in [3.63, 3.8) is 0 Å². The lowest BCUT2D eigenvalue weighted by Gasteiger charge is -2.32. The van der Waals surface area contributed by atoms with Crippen molar-refractivity contribution in [2.24, 2.45) is 5.92 Å². The average molecular weight is 318 g/mol. The number of carboxylic acid groups (broad SMARTS) is 1. The van der Waals surface area contributed by atoms with Crippen LogP contribution in [-0.2, 0) is 4.79 Å². The number of carbonyl (C=O) groups excluding carboxylic acids is 1. The first-order valence-electron chi connectivity index (χ1n) is 8.28. The molecule has 23 heavy (non-hydrogen) atoms. The molecule has 1 aliphatic rings. The minimum absolute atomic E-state index is 0.0839. The van der Waals surface area contributed by atoms with E-state index < -0.39 is 5.97 Å². The molecular weight excluding hydrogens is 292 g/mol. The van der Waals surface area contributed by atoms with Crippen LogP contribution in [0.25, 0.3) is 0 Å². The molecule has 1 heterocycles. The van der Waals surface area contributed by atoms with E-state index in [0.29, 0.717) is 30.5 Å². The predicted octanol–water partition coefficient (Wildman–Crippen LogP) is 2.34. The van der Waals surface area contributed by atoms with Crippen LogP contribution in [0.4, 0.5) is 0 Å². The lowest BCUT2D eigenvalue weighted by molar-refractivity contribution is -0.122. The lowest BCUT2D eigenvalue weighted by Crippen LogP contribution is -2.42. The summed E-state index contributed by atoms with van der Waals surface area (Å²) in [5.74, 6) is 0.00881. The molecule has 126 valence electrons. The number of hydrogen-bond donors (Lipinski definition) is 2. The number of rotatable bonds is 6. The maximum absolute atomic E-state index is 12.0. The van der Waals surface area contributed by atoms with Crippen molar-refractivity contribution in [2.75, 3.05) is 26.2 Å². The quantitative estimate of drug-likeness (QED) is 0.844. The van der Waals surface area contributed by atoms with Crippen molar-refractivity contribution in [3.05, 3.63) is 35.4 Å². The smallest absolute Gasteiger partial charge is 0.335 e. The van der Waals surface area contributed by atoms with E-state index in [-0.39, 0.29) is 5.91 Å². The molecule has 2 rings (SSSR count). The van der Waals surface area contributed by atoms with Crippen molar-refractivity contribution in [1.29, 1.82) is 0 Å². The van der Waals surface area contributed by atoms with E-state index in [1.165, 1.54) is 0 Å². The van der Waals surface area contributed by atoms with Gasteiger partial charge < -0.3 is 10.4 Å². The molecule has 1 aromatic carbocycles. The molecule has 0 spiro atoms. The number of amides is 1. The fourth-order valence-corrected chi connectivity index (χ4v) is 2.95. The number of carbonyl (C=O) groups is 2. The summed E-state index contributed by atoms with van der Waals surface area (Å²) in [5, 5.41) is 11.9. The van der Waals surface area contributed by atoms with Crippen LogP contribution in [0.5, 0.6) is 0 Å². The van der Waals surface area contributed by atoms with E-state index >= 15 is 0 Å². The zero-order chi connectivity index (χ0) is 16.8. The molecular formula is C18H26N2O3. The highest BCUT2D eigenvalue weighted by atomic mass is 16.4. The fourth-order valence-electron chi connectivity index (χ4n) is 2.95. The fraction of sp³-hybridized carbons (Fsp3) is 0.556. The predicted molar refractivity (Wildman–Crippen MR) is 89.7 cm³/mol. The Labute approximate surface area is 137 Å². The normalized spacial score (nSPS) is 18.8. The van der Waals surface area contributed by atoms with E-state index in [1.807, 2.05) is 12.1 Å². The van der Waals surface area contributed by atoms with Gasteiger partial charge in [-0.25, -0.2) is 4.79 Å². The van der Waals surface area contributed by atoms with Crippen LogP contribution in [0.2, 0.25) is 0 Å². The Morgan fingerprint density at radius 1 is 1.30 bits per heavy atom. The molecule has 5 heteroatoms. The van der Waals surface area contributed by atoms with Crippen molar-refractivity contribution in [3.8, 4) is 0 Å². The molecule has 1 atom stereocenters. The second-order valence-corrected chi connectivity index (χ2v) is 6.70. The Kier molecular flexibility index (Phi) is 6.16. The molecule has 1 amide bonds. The zero-order valence-corrected chi connectivity index (χ0v) is 13.9. The van der Waals surface area contributed by atoms with Crippen molar-refractivity contribution in [2.45, 2.75) is 32.6 Å². The second kappa shape index (κ2) is 8.11. The number of aromatic carboxylic acids is 1. The van der Waals surface area contributed by atoms with Crippen LogP contribution in [0.3, 0.4) is 0 Å². The van der Waals surface area contributed by atoms with Gasteiger partial charge in [0.05, 0.1) is 12.1 Å². The molecule has 1 saturated heterocycles. The Bertz CT molecular complexity index is 540. The number of carboxylic acids is 1. The molecule has 0 aliphatic carbocycles. The SMILES string of the molecule is CC(C)CNC(=O)CN1CCC[C@H](c2ccc(C(=O)O)cc2)C1. The summed E-state index contributed by atoms with van der Waals surface area (Å²) in [5.41, 5.74) is 1.47. The largest absolute Gasteiger partial charge is 0.478 e.